The van der Waals surface area contributed by atoms with Crippen LogP contribution in [0.2, 0.25) is 0 Å². The maximum Gasteiger partial charge on any atom is 0.407 e. The molecule has 1 unspecified atom stereocenters. The van der Waals surface area contributed by atoms with Crippen LogP contribution in [0.25, 0.3) is 0 Å². The number of carbonyl (C=O) groups is 1. The number of nitrogens with two attached hydrogens (primary N) is 1. The third-order valence-electron chi connectivity index (χ3n) is 2.89. The standard InChI is InChI=1S/C15H25N3O4S/c1-10-6-7-12(23(16,20)21)8-13(10)18-11(2)9-17-14(19)22-15(3,4)5/h6-8,11,18H,9H2,1-5H3,(H,17,19)(H2,16,20,21). The molecule has 0 heterocycles. The number of sulfonamides is 1. The first-order valence-electron chi connectivity index (χ1n) is 7.25. The van der Waals surface area contributed by atoms with Gasteiger partial charge >= 0.3 is 6.09 Å². The molecule has 0 aliphatic carbocycles. The fourth-order valence-corrected chi connectivity index (χ4v) is 2.34. The van der Waals surface area contributed by atoms with Gasteiger partial charge in [0.25, 0.3) is 0 Å². The Labute approximate surface area is 137 Å². The number of nitrogens with one attached hydrogen (secondary N) is 2. The van der Waals surface area contributed by atoms with Gasteiger partial charge < -0.3 is 15.4 Å². The number of anilines is 1. The van der Waals surface area contributed by atoms with E-state index in [0.29, 0.717) is 12.2 Å². The van der Waals surface area contributed by atoms with Crippen molar-refractivity contribution in [3.05, 3.63) is 23.8 Å². The highest BCUT2D eigenvalue weighted by molar-refractivity contribution is 7.89. The lowest BCUT2D eigenvalue weighted by Gasteiger charge is -2.22. The molecule has 130 valence electrons. The molecule has 0 spiro atoms. The Morgan fingerprint density at radius 2 is 1.96 bits per heavy atom. The summed E-state index contributed by atoms with van der Waals surface area (Å²) >= 11 is 0. The number of hydrogen-bond acceptors (Lipinski definition) is 5. The molecule has 1 atom stereocenters. The smallest absolute Gasteiger partial charge is 0.407 e. The van der Waals surface area contributed by atoms with Gasteiger partial charge in [-0.25, -0.2) is 18.4 Å². The van der Waals surface area contributed by atoms with Crippen molar-refractivity contribution in [1.82, 2.24) is 5.32 Å². The van der Waals surface area contributed by atoms with Crippen molar-refractivity contribution >= 4 is 21.8 Å². The summed E-state index contributed by atoms with van der Waals surface area (Å²) in [5.41, 5.74) is 0.970. The van der Waals surface area contributed by atoms with Gasteiger partial charge in [-0.2, -0.15) is 0 Å². The van der Waals surface area contributed by atoms with Gasteiger partial charge in [0, 0.05) is 18.3 Å². The number of primary sulfonamides is 1. The number of benzene rings is 1. The lowest BCUT2D eigenvalue weighted by atomic mass is 10.2. The molecule has 0 fully saturated rings. The van der Waals surface area contributed by atoms with Crippen LogP contribution >= 0.6 is 0 Å². The summed E-state index contributed by atoms with van der Waals surface area (Å²) in [4.78, 5) is 11.7. The van der Waals surface area contributed by atoms with E-state index in [9.17, 15) is 13.2 Å². The molecule has 1 aromatic rings. The van der Waals surface area contributed by atoms with E-state index >= 15 is 0 Å². The molecule has 4 N–H and O–H groups in total. The molecule has 0 aromatic heterocycles. The van der Waals surface area contributed by atoms with Gasteiger partial charge in [0.2, 0.25) is 10.0 Å². The molecular weight excluding hydrogens is 318 g/mol. The van der Waals surface area contributed by atoms with E-state index in [1.165, 1.54) is 12.1 Å². The van der Waals surface area contributed by atoms with Crippen molar-refractivity contribution in [1.29, 1.82) is 0 Å². The van der Waals surface area contributed by atoms with Gasteiger partial charge in [0.05, 0.1) is 4.90 Å². The van der Waals surface area contributed by atoms with Crippen LogP contribution in [0.3, 0.4) is 0 Å². The average Bonchev–Trinajstić information content (AvgIpc) is 2.35. The van der Waals surface area contributed by atoms with Gasteiger partial charge in [-0.15, -0.1) is 0 Å². The number of aryl methyl sites for hydroxylation is 1. The predicted molar refractivity (Wildman–Crippen MR) is 89.9 cm³/mol. The van der Waals surface area contributed by atoms with E-state index in [1.54, 1.807) is 26.8 Å². The van der Waals surface area contributed by atoms with Crippen molar-refractivity contribution in [3.8, 4) is 0 Å². The molecule has 0 bridgehead atoms. The zero-order chi connectivity index (χ0) is 17.8. The molecule has 0 saturated heterocycles. The van der Waals surface area contributed by atoms with Crippen molar-refractivity contribution in [2.24, 2.45) is 5.14 Å². The first-order valence-corrected chi connectivity index (χ1v) is 8.80. The second kappa shape index (κ2) is 7.18. The van der Waals surface area contributed by atoms with Crippen LogP contribution in [0, 0.1) is 6.92 Å². The van der Waals surface area contributed by atoms with Gasteiger partial charge in [0.15, 0.2) is 0 Å². The Bertz CT molecular complexity index is 666. The Balaban J connectivity index is 2.67. The quantitative estimate of drug-likeness (QED) is 0.757. The summed E-state index contributed by atoms with van der Waals surface area (Å²) in [5, 5.41) is 10.9. The minimum absolute atomic E-state index is 0.0397. The van der Waals surface area contributed by atoms with Crippen LogP contribution in [0.5, 0.6) is 0 Å². The van der Waals surface area contributed by atoms with Crippen molar-refractivity contribution < 1.29 is 17.9 Å². The molecule has 1 aromatic carbocycles. The van der Waals surface area contributed by atoms with E-state index < -0.39 is 21.7 Å². The number of amides is 1. The monoisotopic (exact) mass is 343 g/mol. The number of alkyl carbamates (subject to hydrolysis) is 1. The minimum Gasteiger partial charge on any atom is -0.444 e. The summed E-state index contributed by atoms with van der Waals surface area (Å²) in [6.07, 6.45) is -0.499. The number of hydrogen-bond donors (Lipinski definition) is 3. The molecule has 7 nitrogen and oxygen atoms in total. The molecule has 0 saturated carbocycles. The maximum absolute atomic E-state index is 11.6. The lowest BCUT2D eigenvalue weighted by molar-refractivity contribution is 0.0526. The average molecular weight is 343 g/mol. The summed E-state index contributed by atoms with van der Waals surface area (Å²) in [5.74, 6) is 0. The van der Waals surface area contributed by atoms with E-state index in [2.05, 4.69) is 10.6 Å². The van der Waals surface area contributed by atoms with Crippen LogP contribution in [-0.4, -0.2) is 32.7 Å². The van der Waals surface area contributed by atoms with Gasteiger partial charge in [0.1, 0.15) is 5.60 Å². The normalized spacial score (nSPS) is 13.3. The summed E-state index contributed by atoms with van der Waals surface area (Å²) in [6, 6.07) is 4.49. The molecule has 1 amide bonds. The summed E-state index contributed by atoms with van der Waals surface area (Å²) in [6.45, 7) is 9.40. The molecule has 0 radical (unpaired) electrons. The molecule has 1 rings (SSSR count). The van der Waals surface area contributed by atoms with Crippen LogP contribution in [0.1, 0.15) is 33.3 Å². The first-order chi connectivity index (χ1) is 10.4. The Kier molecular flexibility index (Phi) is 6.01. The van der Waals surface area contributed by atoms with Crippen molar-refractivity contribution in [2.75, 3.05) is 11.9 Å². The fourth-order valence-electron chi connectivity index (χ4n) is 1.80. The Hall–Kier alpha value is -1.80. The molecule has 23 heavy (non-hydrogen) atoms. The second-order valence-corrected chi connectivity index (χ2v) is 8.01. The van der Waals surface area contributed by atoms with E-state index in [-0.39, 0.29) is 10.9 Å². The van der Waals surface area contributed by atoms with E-state index in [4.69, 9.17) is 9.88 Å². The first kappa shape index (κ1) is 19.2. The third kappa shape index (κ3) is 6.87. The van der Waals surface area contributed by atoms with Crippen LogP contribution in [0.15, 0.2) is 23.1 Å². The zero-order valence-corrected chi connectivity index (χ0v) is 15.0. The highest BCUT2D eigenvalue weighted by Gasteiger charge is 2.17. The number of rotatable bonds is 5. The zero-order valence-electron chi connectivity index (χ0n) is 14.1. The van der Waals surface area contributed by atoms with Crippen LogP contribution < -0.4 is 15.8 Å². The van der Waals surface area contributed by atoms with Crippen LogP contribution in [0.4, 0.5) is 10.5 Å². The largest absolute Gasteiger partial charge is 0.444 e. The Morgan fingerprint density at radius 1 is 1.35 bits per heavy atom. The third-order valence-corrected chi connectivity index (χ3v) is 3.80. The minimum atomic E-state index is -3.75. The number of carbonyl (C=O) groups excluding carboxylic acids is 1. The molecule has 0 aliphatic rings. The topological polar surface area (TPSA) is 111 Å². The fraction of sp³-hybridized carbons (Fsp3) is 0.533. The number of ether oxygens (including phenoxy) is 1. The maximum atomic E-state index is 11.6. The van der Waals surface area contributed by atoms with Crippen molar-refractivity contribution in [2.45, 2.75) is 51.2 Å². The summed E-state index contributed by atoms with van der Waals surface area (Å²) in [7, 11) is -3.75. The summed E-state index contributed by atoms with van der Waals surface area (Å²) < 4.78 is 28.0. The predicted octanol–water partition coefficient (Wildman–Crippen LogP) is 1.97. The van der Waals surface area contributed by atoms with E-state index in [1.807, 2.05) is 13.8 Å². The lowest BCUT2D eigenvalue weighted by Crippen LogP contribution is -2.38. The second-order valence-electron chi connectivity index (χ2n) is 6.45. The van der Waals surface area contributed by atoms with Gasteiger partial charge in [-0.1, -0.05) is 6.07 Å². The van der Waals surface area contributed by atoms with Crippen molar-refractivity contribution in [3.63, 3.8) is 0 Å². The van der Waals surface area contributed by atoms with Gasteiger partial charge in [-0.3, -0.25) is 0 Å². The molecule has 8 heteroatoms. The van der Waals surface area contributed by atoms with Gasteiger partial charge in [-0.05, 0) is 52.3 Å². The highest BCUT2D eigenvalue weighted by atomic mass is 32.2. The molecular formula is C15H25N3O4S. The highest BCUT2D eigenvalue weighted by Crippen LogP contribution is 2.20. The molecule has 0 aliphatic heterocycles. The van der Waals surface area contributed by atoms with Crippen LogP contribution in [-0.2, 0) is 14.8 Å². The van der Waals surface area contributed by atoms with E-state index in [0.717, 1.165) is 5.56 Å². The Morgan fingerprint density at radius 3 is 2.48 bits per heavy atom. The SMILES string of the molecule is Cc1ccc(S(N)(=O)=O)cc1NC(C)CNC(=O)OC(C)(C)C.